The molecule has 2 heterocycles. The molecule has 0 spiro atoms. The molecule has 0 saturated heterocycles. The molecule has 0 fully saturated rings. The average Bonchev–Trinajstić information content (AvgIpc) is 3.13. The van der Waals surface area contributed by atoms with Gasteiger partial charge < -0.3 is 0 Å². The van der Waals surface area contributed by atoms with Crippen LogP contribution in [0.3, 0.4) is 0 Å². The third-order valence-electron chi connectivity index (χ3n) is 5.67. The van der Waals surface area contributed by atoms with Crippen molar-refractivity contribution in [2.45, 2.75) is 77.6 Å². The summed E-state index contributed by atoms with van der Waals surface area (Å²) in [6.45, 7) is 2.27. The standard InChI is InChI=1S/C26H33N3/c1-2-3-4-5-6-7-8-9-10-11-14-24-20-23-19-22(21-27)16-17-25(23)29(24)26-15-12-13-18-28-26/h12-13,15-20H,2-11,14H2,1H3. The number of pyridine rings is 1. The minimum atomic E-state index is 0.709. The maximum atomic E-state index is 9.23. The Balaban J connectivity index is 1.58. The molecule has 1 aromatic carbocycles. The third-order valence-corrected chi connectivity index (χ3v) is 5.67. The highest BCUT2D eigenvalue weighted by Gasteiger charge is 2.12. The van der Waals surface area contributed by atoms with E-state index in [1.807, 2.05) is 36.5 Å². The first kappa shape index (κ1) is 21.1. The number of fused-ring (bicyclic) bond motifs is 1. The van der Waals surface area contributed by atoms with Gasteiger partial charge in [-0.2, -0.15) is 5.26 Å². The number of hydrogen-bond donors (Lipinski definition) is 0. The molecule has 3 heteroatoms. The Bertz CT molecular complexity index is 918. The van der Waals surface area contributed by atoms with Crippen LogP contribution in [0, 0.1) is 11.3 Å². The van der Waals surface area contributed by atoms with E-state index in [2.05, 4.69) is 34.7 Å². The predicted molar refractivity (Wildman–Crippen MR) is 121 cm³/mol. The zero-order valence-corrected chi connectivity index (χ0v) is 17.7. The fourth-order valence-corrected chi connectivity index (χ4v) is 4.08. The van der Waals surface area contributed by atoms with Gasteiger partial charge in [0.25, 0.3) is 0 Å². The van der Waals surface area contributed by atoms with Gasteiger partial charge in [-0.1, -0.05) is 70.8 Å². The van der Waals surface area contributed by atoms with E-state index in [1.165, 1.54) is 69.9 Å². The summed E-state index contributed by atoms with van der Waals surface area (Å²) in [5, 5.41) is 10.3. The van der Waals surface area contributed by atoms with Gasteiger partial charge in [0.15, 0.2) is 0 Å². The van der Waals surface area contributed by atoms with Gasteiger partial charge in [-0.15, -0.1) is 0 Å². The normalized spacial score (nSPS) is 11.0. The van der Waals surface area contributed by atoms with Crippen molar-refractivity contribution in [2.24, 2.45) is 0 Å². The van der Waals surface area contributed by atoms with E-state index in [9.17, 15) is 5.26 Å². The minimum Gasteiger partial charge on any atom is -0.298 e. The lowest BCUT2D eigenvalue weighted by molar-refractivity contribution is 0.555. The van der Waals surface area contributed by atoms with Crippen molar-refractivity contribution in [1.82, 2.24) is 9.55 Å². The maximum absolute atomic E-state index is 9.23. The number of rotatable bonds is 12. The van der Waals surface area contributed by atoms with Crippen LogP contribution in [0.15, 0.2) is 48.7 Å². The zero-order chi connectivity index (χ0) is 20.3. The van der Waals surface area contributed by atoms with E-state index < -0.39 is 0 Å². The van der Waals surface area contributed by atoms with Gasteiger partial charge in [-0.05, 0) is 49.2 Å². The van der Waals surface area contributed by atoms with Crippen LogP contribution in [0.25, 0.3) is 16.7 Å². The molecule has 0 aliphatic carbocycles. The summed E-state index contributed by atoms with van der Waals surface area (Å²) in [6.07, 6.45) is 16.4. The highest BCUT2D eigenvalue weighted by Crippen LogP contribution is 2.26. The summed E-state index contributed by atoms with van der Waals surface area (Å²) >= 11 is 0. The van der Waals surface area contributed by atoms with Gasteiger partial charge in [0, 0.05) is 17.3 Å². The Morgan fingerprint density at radius 2 is 1.59 bits per heavy atom. The summed E-state index contributed by atoms with van der Waals surface area (Å²) in [4.78, 5) is 4.57. The number of benzene rings is 1. The molecule has 152 valence electrons. The van der Waals surface area contributed by atoms with Crippen molar-refractivity contribution in [2.75, 3.05) is 0 Å². The third kappa shape index (κ3) is 5.94. The van der Waals surface area contributed by atoms with Gasteiger partial charge in [-0.25, -0.2) is 4.98 Å². The molecule has 0 unspecified atom stereocenters. The lowest BCUT2D eigenvalue weighted by Gasteiger charge is -2.10. The SMILES string of the molecule is CCCCCCCCCCCCc1cc2cc(C#N)ccc2n1-c1ccccn1. The van der Waals surface area contributed by atoms with Crippen LogP contribution in [0.5, 0.6) is 0 Å². The first-order valence-electron chi connectivity index (χ1n) is 11.3. The molecule has 29 heavy (non-hydrogen) atoms. The largest absolute Gasteiger partial charge is 0.298 e. The van der Waals surface area contributed by atoms with Crippen molar-refractivity contribution < 1.29 is 0 Å². The molecule has 0 bridgehead atoms. The molecule has 0 atom stereocenters. The van der Waals surface area contributed by atoms with Gasteiger partial charge in [0.05, 0.1) is 17.1 Å². The molecule has 3 nitrogen and oxygen atoms in total. The smallest absolute Gasteiger partial charge is 0.137 e. The van der Waals surface area contributed by atoms with Crippen LogP contribution in [0.2, 0.25) is 0 Å². The second kappa shape index (κ2) is 11.4. The Hall–Kier alpha value is -2.60. The molecule has 0 saturated carbocycles. The van der Waals surface area contributed by atoms with E-state index in [-0.39, 0.29) is 0 Å². The highest BCUT2D eigenvalue weighted by molar-refractivity contribution is 5.84. The van der Waals surface area contributed by atoms with E-state index >= 15 is 0 Å². The van der Waals surface area contributed by atoms with Crippen LogP contribution >= 0.6 is 0 Å². The molecule has 0 N–H and O–H groups in total. The first-order chi connectivity index (χ1) is 14.3. The summed E-state index contributed by atoms with van der Waals surface area (Å²) in [6, 6.07) is 16.4. The van der Waals surface area contributed by atoms with Crippen molar-refractivity contribution >= 4 is 10.9 Å². The van der Waals surface area contributed by atoms with Crippen molar-refractivity contribution in [3.8, 4) is 11.9 Å². The number of nitrogens with zero attached hydrogens (tertiary/aromatic N) is 3. The number of aryl methyl sites for hydroxylation is 1. The lowest BCUT2D eigenvalue weighted by atomic mass is 10.1. The summed E-state index contributed by atoms with van der Waals surface area (Å²) < 4.78 is 2.25. The molecule has 0 aliphatic heterocycles. The fraction of sp³-hybridized carbons (Fsp3) is 0.462. The second-order valence-corrected chi connectivity index (χ2v) is 7.98. The first-order valence-corrected chi connectivity index (χ1v) is 11.3. The molecule has 0 aliphatic rings. The summed E-state index contributed by atoms with van der Waals surface area (Å²) in [5.74, 6) is 0.953. The van der Waals surface area contributed by atoms with E-state index in [1.54, 1.807) is 0 Å². The monoisotopic (exact) mass is 387 g/mol. The topological polar surface area (TPSA) is 41.6 Å². The minimum absolute atomic E-state index is 0.709. The predicted octanol–water partition coefficient (Wildman–Crippen LogP) is 7.36. The van der Waals surface area contributed by atoms with Crippen molar-refractivity contribution in [3.05, 3.63) is 59.9 Å². The van der Waals surface area contributed by atoms with E-state index in [4.69, 9.17) is 0 Å². The molecule has 2 aromatic heterocycles. The Kier molecular flexibility index (Phi) is 8.31. The van der Waals surface area contributed by atoms with Crippen LogP contribution in [0.4, 0.5) is 0 Å². The van der Waals surface area contributed by atoms with Crippen molar-refractivity contribution in [3.63, 3.8) is 0 Å². The highest BCUT2D eigenvalue weighted by atomic mass is 15.1. The quantitative estimate of drug-likeness (QED) is 0.305. The van der Waals surface area contributed by atoms with Gasteiger partial charge in [-0.3, -0.25) is 4.57 Å². The molecule has 3 aromatic rings. The molecular weight excluding hydrogens is 354 g/mol. The average molecular weight is 388 g/mol. The summed E-state index contributed by atoms with van der Waals surface area (Å²) in [7, 11) is 0. The molecule has 0 radical (unpaired) electrons. The van der Waals surface area contributed by atoms with Gasteiger partial charge in [0.2, 0.25) is 0 Å². The Labute approximate surface area is 175 Å². The number of hydrogen-bond acceptors (Lipinski definition) is 2. The molecule has 3 rings (SSSR count). The lowest BCUT2D eigenvalue weighted by Crippen LogP contribution is -2.02. The van der Waals surface area contributed by atoms with Gasteiger partial charge in [0.1, 0.15) is 5.82 Å². The number of aromatic nitrogens is 2. The number of nitriles is 1. The number of unbranched alkanes of at least 4 members (excludes halogenated alkanes) is 9. The van der Waals surface area contributed by atoms with Crippen molar-refractivity contribution in [1.29, 1.82) is 5.26 Å². The Morgan fingerprint density at radius 1 is 0.862 bits per heavy atom. The van der Waals surface area contributed by atoms with Crippen LogP contribution in [-0.2, 0) is 6.42 Å². The van der Waals surface area contributed by atoms with Gasteiger partial charge >= 0.3 is 0 Å². The zero-order valence-electron chi connectivity index (χ0n) is 17.7. The van der Waals surface area contributed by atoms with Crippen LogP contribution < -0.4 is 0 Å². The van der Waals surface area contributed by atoms with Crippen LogP contribution in [0.1, 0.15) is 82.4 Å². The van der Waals surface area contributed by atoms with E-state index in [0.29, 0.717) is 5.56 Å². The fourth-order valence-electron chi connectivity index (χ4n) is 4.08. The molecular formula is C26H33N3. The van der Waals surface area contributed by atoms with E-state index in [0.717, 1.165) is 23.1 Å². The molecule has 0 amide bonds. The second-order valence-electron chi connectivity index (χ2n) is 7.98. The maximum Gasteiger partial charge on any atom is 0.137 e. The summed E-state index contributed by atoms with van der Waals surface area (Å²) in [5.41, 5.74) is 3.12. The van der Waals surface area contributed by atoms with Crippen LogP contribution in [-0.4, -0.2) is 9.55 Å². The Morgan fingerprint density at radius 3 is 2.24 bits per heavy atom.